The topological polar surface area (TPSA) is 69.8 Å². The third kappa shape index (κ3) is 4.17. The Bertz CT molecular complexity index is 319. The van der Waals surface area contributed by atoms with E-state index in [2.05, 4.69) is 9.80 Å². The van der Waals surface area contributed by atoms with Gasteiger partial charge < -0.3 is 15.7 Å². The summed E-state index contributed by atoms with van der Waals surface area (Å²) in [4.78, 5) is 16.0. The molecular formula is C15H29N3O2. The number of piperazine rings is 1. The Morgan fingerprint density at radius 2 is 1.85 bits per heavy atom. The molecule has 0 radical (unpaired) electrons. The van der Waals surface area contributed by atoms with E-state index in [4.69, 9.17) is 10.8 Å². The van der Waals surface area contributed by atoms with Crippen LogP contribution in [0.2, 0.25) is 0 Å². The molecule has 0 aromatic carbocycles. The van der Waals surface area contributed by atoms with E-state index >= 15 is 0 Å². The van der Waals surface area contributed by atoms with E-state index in [1.54, 1.807) is 6.92 Å². The summed E-state index contributed by atoms with van der Waals surface area (Å²) in [6.45, 7) is 7.15. The largest absolute Gasteiger partial charge is 0.480 e. The van der Waals surface area contributed by atoms with Crippen LogP contribution in [0.15, 0.2) is 0 Å². The summed E-state index contributed by atoms with van der Waals surface area (Å²) in [5, 5.41) is 8.99. The van der Waals surface area contributed by atoms with Gasteiger partial charge in [0.2, 0.25) is 0 Å². The molecule has 1 aliphatic heterocycles. The fourth-order valence-electron chi connectivity index (χ4n) is 3.40. The van der Waals surface area contributed by atoms with Crippen molar-refractivity contribution >= 4 is 5.97 Å². The molecule has 1 aliphatic carbocycles. The van der Waals surface area contributed by atoms with Gasteiger partial charge in [0.05, 0.1) is 0 Å². The average Bonchev–Trinajstić information content (AvgIpc) is 2.93. The summed E-state index contributed by atoms with van der Waals surface area (Å²) in [5.74, 6) is -0.899. The van der Waals surface area contributed by atoms with E-state index in [-0.39, 0.29) is 0 Å². The number of nitrogens with two attached hydrogens (primary N) is 1. The van der Waals surface area contributed by atoms with Gasteiger partial charge in [0.1, 0.15) is 5.54 Å². The first-order valence-electron chi connectivity index (χ1n) is 7.98. The summed E-state index contributed by atoms with van der Waals surface area (Å²) in [7, 11) is 0. The lowest BCUT2D eigenvalue weighted by molar-refractivity contribution is -0.143. The number of nitrogens with zero attached hydrogens (tertiary/aromatic N) is 2. The van der Waals surface area contributed by atoms with Crippen LogP contribution >= 0.6 is 0 Å². The highest BCUT2D eigenvalue weighted by atomic mass is 16.4. The zero-order chi connectivity index (χ0) is 14.6. The summed E-state index contributed by atoms with van der Waals surface area (Å²) in [5.41, 5.74) is 4.68. The van der Waals surface area contributed by atoms with Gasteiger partial charge in [0.25, 0.3) is 0 Å². The maximum absolute atomic E-state index is 10.9. The van der Waals surface area contributed by atoms with Crippen molar-refractivity contribution in [1.82, 2.24) is 9.80 Å². The van der Waals surface area contributed by atoms with Gasteiger partial charge in [-0.15, -0.1) is 0 Å². The molecule has 2 fully saturated rings. The minimum atomic E-state index is -1.08. The number of rotatable bonds is 6. The molecule has 1 saturated carbocycles. The van der Waals surface area contributed by atoms with Gasteiger partial charge in [-0.3, -0.25) is 9.69 Å². The molecule has 2 aliphatic rings. The maximum atomic E-state index is 10.9. The van der Waals surface area contributed by atoms with Gasteiger partial charge in [-0.25, -0.2) is 0 Å². The summed E-state index contributed by atoms with van der Waals surface area (Å²) in [6.07, 6.45) is 6.96. The molecule has 0 aromatic heterocycles. The van der Waals surface area contributed by atoms with Gasteiger partial charge in [-0.1, -0.05) is 12.8 Å². The van der Waals surface area contributed by atoms with Crippen LogP contribution in [0.1, 0.15) is 45.4 Å². The molecule has 3 N–H and O–H groups in total. The number of carboxylic acid groups (broad SMARTS) is 1. The van der Waals surface area contributed by atoms with Crippen molar-refractivity contribution < 1.29 is 9.90 Å². The smallest absolute Gasteiger partial charge is 0.323 e. The second-order valence-corrected chi connectivity index (χ2v) is 6.64. The van der Waals surface area contributed by atoms with E-state index in [1.165, 1.54) is 38.8 Å². The molecule has 2 rings (SSSR count). The van der Waals surface area contributed by atoms with Crippen molar-refractivity contribution in [2.75, 3.05) is 32.7 Å². The zero-order valence-corrected chi connectivity index (χ0v) is 12.7. The van der Waals surface area contributed by atoms with Crippen molar-refractivity contribution in [2.45, 2.75) is 57.0 Å². The van der Waals surface area contributed by atoms with Crippen LogP contribution in [-0.4, -0.2) is 65.2 Å². The SMILES string of the molecule is CC(N)(CCCN1CCN(C2CCCC2)CC1)C(=O)O. The Labute approximate surface area is 122 Å². The average molecular weight is 283 g/mol. The molecule has 1 atom stereocenters. The van der Waals surface area contributed by atoms with Crippen molar-refractivity contribution in [1.29, 1.82) is 0 Å². The van der Waals surface area contributed by atoms with E-state index in [0.717, 1.165) is 32.1 Å². The highest BCUT2D eigenvalue weighted by molar-refractivity contribution is 5.77. The van der Waals surface area contributed by atoms with Crippen molar-refractivity contribution in [3.05, 3.63) is 0 Å². The predicted octanol–water partition coefficient (Wildman–Crippen LogP) is 1.13. The highest BCUT2D eigenvalue weighted by Crippen LogP contribution is 2.24. The third-order valence-electron chi connectivity index (χ3n) is 4.91. The van der Waals surface area contributed by atoms with Gasteiger partial charge >= 0.3 is 5.97 Å². The van der Waals surface area contributed by atoms with Gasteiger partial charge in [-0.05, 0) is 39.2 Å². The van der Waals surface area contributed by atoms with Crippen molar-refractivity contribution in [2.24, 2.45) is 5.73 Å². The molecular weight excluding hydrogens is 254 g/mol. The molecule has 1 heterocycles. The quantitative estimate of drug-likeness (QED) is 0.765. The van der Waals surface area contributed by atoms with E-state index in [0.29, 0.717) is 6.42 Å². The Morgan fingerprint density at radius 3 is 2.40 bits per heavy atom. The first-order valence-corrected chi connectivity index (χ1v) is 7.98. The first-order chi connectivity index (χ1) is 9.49. The minimum absolute atomic E-state index is 0.547. The van der Waals surface area contributed by atoms with Crippen LogP contribution in [0.5, 0.6) is 0 Å². The predicted molar refractivity (Wildman–Crippen MR) is 79.7 cm³/mol. The number of aliphatic carboxylic acids is 1. The standard InChI is InChI=1S/C15H29N3O2/c1-15(16,14(19)20)7-4-8-17-9-11-18(12-10-17)13-5-2-3-6-13/h13H,2-12,16H2,1H3,(H,19,20). The van der Waals surface area contributed by atoms with Crippen LogP contribution in [0.25, 0.3) is 0 Å². The normalized spacial score (nSPS) is 25.7. The maximum Gasteiger partial charge on any atom is 0.323 e. The summed E-state index contributed by atoms with van der Waals surface area (Å²) >= 11 is 0. The lowest BCUT2D eigenvalue weighted by atomic mass is 9.97. The summed E-state index contributed by atoms with van der Waals surface area (Å²) in [6, 6.07) is 0.830. The Morgan fingerprint density at radius 1 is 1.25 bits per heavy atom. The molecule has 0 amide bonds. The van der Waals surface area contributed by atoms with Crippen LogP contribution in [-0.2, 0) is 4.79 Å². The molecule has 1 saturated heterocycles. The number of carbonyl (C=O) groups is 1. The van der Waals surface area contributed by atoms with E-state index in [1.807, 2.05) is 0 Å². The molecule has 1 unspecified atom stereocenters. The molecule has 0 aromatic rings. The second kappa shape index (κ2) is 6.87. The molecule has 5 heteroatoms. The zero-order valence-electron chi connectivity index (χ0n) is 12.7. The van der Waals surface area contributed by atoms with Crippen molar-refractivity contribution in [3.63, 3.8) is 0 Å². The lowest BCUT2D eigenvalue weighted by Crippen LogP contribution is -2.50. The molecule has 0 bridgehead atoms. The van der Waals surface area contributed by atoms with Crippen LogP contribution in [0.3, 0.4) is 0 Å². The fourth-order valence-corrected chi connectivity index (χ4v) is 3.40. The number of hydrogen-bond acceptors (Lipinski definition) is 4. The molecule has 5 nitrogen and oxygen atoms in total. The Balaban J connectivity index is 1.63. The molecule has 116 valence electrons. The number of hydrogen-bond donors (Lipinski definition) is 2. The highest BCUT2D eigenvalue weighted by Gasteiger charge is 2.28. The van der Waals surface area contributed by atoms with Crippen LogP contribution < -0.4 is 5.73 Å². The Hall–Kier alpha value is -0.650. The van der Waals surface area contributed by atoms with Crippen LogP contribution in [0.4, 0.5) is 0 Å². The Kier molecular flexibility index (Phi) is 5.41. The first kappa shape index (κ1) is 15.7. The lowest BCUT2D eigenvalue weighted by Gasteiger charge is -2.38. The number of carboxylic acids is 1. The van der Waals surface area contributed by atoms with Gasteiger partial charge in [0.15, 0.2) is 0 Å². The molecule has 0 spiro atoms. The second-order valence-electron chi connectivity index (χ2n) is 6.64. The van der Waals surface area contributed by atoms with Gasteiger partial charge in [0, 0.05) is 32.2 Å². The molecule has 20 heavy (non-hydrogen) atoms. The van der Waals surface area contributed by atoms with Crippen molar-refractivity contribution in [3.8, 4) is 0 Å². The third-order valence-corrected chi connectivity index (χ3v) is 4.91. The minimum Gasteiger partial charge on any atom is -0.480 e. The van der Waals surface area contributed by atoms with E-state index in [9.17, 15) is 4.79 Å². The van der Waals surface area contributed by atoms with E-state index < -0.39 is 11.5 Å². The van der Waals surface area contributed by atoms with Gasteiger partial charge in [-0.2, -0.15) is 0 Å². The van der Waals surface area contributed by atoms with Crippen LogP contribution in [0, 0.1) is 0 Å². The monoisotopic (exact) mass is 283 g/mol. The summed E-state index contributed by atoms with van der Waals surface area (Å²) < 4.78 is 0. The fraction of sp³-hybridized carbons (Fsp3) is 0.933.